The minimum atomic E-state index is -0.439. The predicted molar refractivity (Wildman–Crippen MR) is 98.9 cm³/mol. The maximum atomic E-state index is 12.2. The first kappa shape index (κ1) is 17.5. The van der Waals surface area contributed by atoms with Crippen LogP contribution in [0.1, 0.15) is 41.6 Å². The van der Waals surface area contributed by atoms with Gasteiger partial charge in [-0.1, -0.05) is 41.9 Å². The van der Waals surface area contributed by atoms with Gasteiger partial charge in [-0.15, -0.1) is 0 Å². The van der Waals surface area contributed by atoms with Crippen molar-refractivity contribution in [2.75, 3.05) is 6.61 Å². The van der Waals surface area contributed by atoms with Crippen molar-refractivity contribution >= 4 is 28.5 Å². The van der Waals surface area contributed by atoms with E-state index in [1.54, 1.807) is 6.92 Å². The van der Waals surface area contributed by atoms with Crippen LogP contribution in [0, 0.1) is 0 Å². The highest BCUT2D eigenvalue weighted by atomic mass is 35.5. The van der Waals surface area contributed by atoms with Crippen LogP contribution >= 0.6 is 11.6 Å². The van der Waals surface area contributed by atoms with Crippen molar-refractivity contribution in [1.29, 1.82) is 0 Å². The van der Waals surface area contributed by atoms with Crippen LogP contribution in [0.5, 0.6) is 0 Å². The van der Waals surface area contributed by atoms with Gasteiger partial charge in [0.2, 0.25) is 5.76 Å². The van der Waals surface area contributed by atoms with Gasteiger partial charge in [-0.25, -0.2) is 4.79 Å². The van der Waals surface area contributed by atoms with Gasteiger partial charge in [0.1, 0.15) is 5.58 Å². The molecule has 25 heavy (non-hydrogen) atoms. The van der Waals surface area contributed by atoms with Crippen molar-refractivity contribution in [2.24, 2.45) is 0 Å². The summed E-state index contributed by atoms with van der Waals surface area (Å²) in [5, 5.41) is 5.05. The summed E-state index contributed by atoms with van der Waals surface area (Å²) in [7, 11) is 0. The van der Waals surface area contributed by atoms with Gasteiger partial charge in [0.15, 0.2) is 0 Å². The number of hydrogen-bond donors (Lipinski definition) is 1. The monoisotopic (exact) mass is 357 g/mol. The number of fused-ring (bicyclic) bond motifs is 1. The van der Waals surface area contributed by atoms with Crippen molar-refractivity contribution in [2.45, 2.75) is 26.4 Å². The number of rotatable bonds is 6. The van der Waals surface area contributed by atoms with E-state index in [0.29, 0.717) is 23.8 Å². The van der Waals surface area contributed by atoms with E-state index >= 15 is 0 Å². The van der Waals surface area contributed by atoms with Crippen LogP contribution < -0.4 is 5.32 Å². The average molecular weight is 358 g/mol. The molecule has 0 saturated heterocycles. The minimum absolute atomic E-state index is 0.0717. The van der Waals surface area contributed by atoms with Gasteiger partial charge in [0.25, 0.3) is 0 Å². The fraction of sp³-hybridized carbons (Fsp3) is 0.250. The second kappa shape index (κ2) is 7.72. The Balaban J connectivity index is 1.87. The second-order valence-corrected chi connectivity index (χ2v) is 6.22. The number of halogens is 1. The molecule has 0 aliphatic carbocycles. The number of esters is 1. The van der Waals surface area contributed by atoms with Crippen LogP contribution in [0.3, 0.4) is 0 Å². The molecule has 3 rings (SSSR count). The SMILES string of the molecule is CCOC(=O)c1oc2ccccc2c1CN[C@@H](C)c1cccc(Cl)c1. The lowest BCUT2D eigenvalue weighted by Gasteiger charge is -2.14. The average Bonchev–Trinajstić information content (AvgIpc) is 2.98. The van der Waals surface area contributed by atoms with E-state index in [1.165, 1.54) is 0 Å². The maximum Gasteiger partial charge on any atom is 0.374 e. The Hall–Kier alpha value is -2.30. The van der Waals surface area contributed by atoms with E-state index < -0.39 is 5.97 Å². The molecule has 3 aromatic rings. The van der Waals surface area contributed by atoms with Gasteiger partial charge in [0, 0.05) is 28.6 Å². The number of carbonyl (C=O) groups is 1. The van der Waals surface area contributed by atoms with Crippen molar-refractivity contribution < 1.29 is 13.9 Å². The van der Waals surface area contributed by atoms with Crippen LogP contribution in [-0.2, 0) is 11.3 Å². The summed E-state index contributed by atoms with van der Waals surface area (Å²) in [6.07, 6.45) is 0. The smallest absolute Gasteiger partial charge is 0.374 e. The molecule has 1 aromatic heterocycles. The largest absolute Gasteiger partial charge is 0.460 e. The lowest BCUT2D eigenvalue weighted by molar-refractivity contribution is 0.0490. The standard InChI is InChI=1S/C20H20ClNO3/c1-3-24-20(23)19-17(16-9-4-5-10-18(16)25-19)12-22-13(2)14-7-6-8-15(21)11-14/h4-11,13,22H,3,12H2,1-2H3/t13-/m0/s1. The van der Waals surface area contributed by atoms with Crippen LogP contribution in [-0.4, -0.2) is 12.6 Å². The normalized spacial score (nSPS) is 12.3. The molecular formula is C20H20ClNO3. The summed E-state index contributed by atoms with van der Waals surface area (Å²) < 4.78 is 10.9. The van der Waals surface area contributed by atoms with Gasteiger partial charge < -0.3 is 14.5 Å². The van der Waals surface area contributed by atoms with Crippen LogP contribution in [0.2, 0.25) is 5.02 Å². The highest BCUT2D eigenvalue weighted by Crippen LogP contribution is 2.27. The number of hydrogen-bond acceptors (Lipinski definition) is 4. The van der Waals surface area contributed by atoms with Crippen LogP contribution in [0.15, 0.2) is 52.9 Å². The lowest BCUT2D eigenvalue weighted by atomic mass is 10.1. The summed E-state index contributed by atoms with van der Waals surface area (Å²) in [5.74, 6) is -0.181. The van der Waals surface area contributed by atoms with Gasteiger partial charge in [-0.2, -0.15) is 0 Å². The Labute approximate surface area is 151 Å². The third-order valence-electron chi connectivity index (χ3n) is 4.09. The van der Waals surface area contributed by atoms with E-state index in [4.69, 9.17) is 20.8 Å². The molecule has 0 amide bonds. The molecule has 4 nitrogen and oxygen atoms in total. The number of furan rings is 1. The van der Waals surface area contributed by atoms with Crippen molar-refractivity contribution in [3.05, 3.63) is 70.4 Å². The summed E-state index contributed by atoms with van der Waals surface area (Å²) in [6, 6.07) is 15.4. The fourth-order valence-corrected chi connectivity index (χ4v) is 2.98. The zero-order valence-corrected chi connectivity index (χ0v) is 15.0. The van der Waals surface area contributed by atoms with E-state index in [1.807, 2.05) is 48.5 Å². The molecule has 0 saturated carbocycles. The van der Waals surface area contributed by atoms with Crippen molar-refractivity contribution in [1.82, 2.24) is 5.32 Å². The van der Waals surface area contributed by atoms with Crippen LogP contribution in [0.4, 0.5) is 0 Å². The molecule has 0 aliphatic heterocycles. The number of ether oxygens (including phenoxy) is 1. The molecule has 1 atom stereocenters. The Bertz CT molecular complexity index is 888. The first-order valence-corrected chi connectivity index (χ1v) is 8.64. The fourth-order valence-electron chi connectivity index (χ4n) is 2.78. The van der Waals surface area contributed by atoms with Gasteiger partial charge in [-0.05, 0) is 37.6 Å². The van der Waals surface area contributed by atoms with Gasteiger partial charge in [-0.3, -0.25) is 0 Å². The summed E-state index contributed by atoms with van der Waals surface area (Å²) in [4.78, 5) is 12.2. The molecule has 130 valence electrons. The molecule has 0 unspecified atom stereocenters. The first-order chi connectivity index (χ1) is 12.1. The Morgan fingerprint density at radius 1 is 1.24 bits per heavy atom. The van der Waals surface area contributed by atoms with E-state index in [2.05, 4.69) is 12.2 Å². The summed E-state index contributed by atoms with van der Waals surface area (Å²) >= 11 is 6.06. The Morgan fingerprint density at radius 2 is 2.04 bits per heavy atom. The predicted octanol–water partition coefficient (Wildman–Crippen LogP) is 5.11. The first-order valence-electron chi connectivity index (χ1n) is 8.26. The molecule has 0 radical (unpaired) electrons. The quantitative estimate of drug-likeness (QED) is 0.622. The number of benzene rings is 2. The van der Waals surface area contributed by atoms with E-state index in [9.17, 15) is 4.79 Å². The summed E-state index contributed by atoms with van der Waals surface area (Å²) in [5.41, 5.74) is 2.57. The lowest BCUT2D eigenvalue weighted by Crippen LogP contribution is -2.19. The van der Waals surface area contributed by atoms with Gasteiger partial charge in [0.05, 0.1) is 6.61 Å². The highest BCUT2D eigenvalue weighted by Gasteiger charge is 2.21. The molecule has 0 spiro atoms. The van der Waals surface area contributed by atoms with Crippen molar-refractivity contribution in [3.63, 3.8) is 0 Å². The van der Waals surface area contributed by atoms with Crippen molar-refractivity contribution in [3.8, 4) is 0 Å². The highest BCUT2D eigenvalue weighted by molar-refractivity contribution is 6.30. The third-order valence-corrected chi connectivity index (χ3v) is 4.33. The molecule has 1 heterocycles. The Morgan fingerprint density at radius 3 is 2.80 bits per heavy atom. The van der Waals surface area contributed by atoms with Gasteiger partial charge >= 0.3 is 5.97 Å². The van der Waals surface area contributed by atoms with E-state index in [0.717, 1.165) is 16.5 Å². The number of nitrogens with one attached hydrogen (secondary N) is 1. The minimum Gasteiger partial charge on any atom is -0.460 e. The second-order valence-electron chi connectivity index (χ2n) is 5.78. The maximum absolute atomic E-state index is 12.2. The van der Waals surface area contributed by atoms with Crippen LogP contribution in [0.25, 0.3) is 11.0 Å². The zero-order valence-electron chi connectivity index (χ0n) is 14.2. The topological polar surface area (TPSA) is 51.5 Å². The summed E-state index contributed by atoms with van der Waals surface area (Å²) in [6.45, 7) is 4.62. The zero-order chi connectivity index (χ0) is 17.8. The molecule has 0 bridgehead atoms. The molecule has 0 aliphatic rings. The van der Waals surface area contributed by atoms with E-state index in [-0.39, 0.29) is 11.8 Å². The molecule has 0 fully saturated rings. The molecule has 1 N–H and O–H groups in total. The Kier molecular flexibility index (Phi) is 5.41. The number of para-hydroxylation sites is 1. The molecule has 5 heteroatoms. The molecular weight excluding hydrogens is 338 g/mol. The molecule has 2 aromatic carbocycles. The third kappa shape index (κ3) is 3.86. The number of carbonyl (C=O) groups excluding carboxylic acids is 1.